The Labute approximate surface area is 161 Å². The molecule has 4 rings (SSSR count). The van der Waals surface area contributed by atoms with Crippen LogP contribution in [-0.2, 0) is 13.0 Å². The first kappa shape index (κ1) is 17.9. The Bertz CT molecular complexity index is 826. The molecule has 1 amide bonds. The highest BCUT2D eigenvalue weighted by atomic mass is 16.5. The topological polar surface area (TPSA) is 36.0 Å². The third-order valence-electron chi connectivity index (χ3n) is 5.43. The molecule has 0 atom stereocenters. The third-order valence-corrected chi connectivity index (χ3v) is 5.43. The Morgan fingerprint density at radius 2 is 1.89 bits per heavy atom. The molecule has 2 aromatic rings. The lowest BCUT2D eigenvalue weighted by molar-refractivity contribution is 0.0628. The van der Waals surface area contributed by atoms with E-state index in [-0.39, 0.29) is 5.91 Å². The number of anilines is 1. The van der Waals surface area contributed by atoms with Crippen molar-refractivity contribution < 1.29 is 9.53 Å². The highest BCUT2D eigenvalue weighted by Gasteiger charge is 2.23. The Hall–Kier alpha value is -2.53. The number of benzene rings is 2. The molecule has 1 saturated heterocycles. The largest absolute Gasteiger partial charge is 0.493 e. The molecule has 5 nitrogen and oxygen atoms in total. The lowest BCUT2D eigenvalue weighted by Gasteiger charge is -2.35. The number of fused-ring (bicyclic) bond motifs is 1. The molecule has 0 bridgehead atoms. The van der Waals surface area contributed by atoms with Crippen LogP contribution in [0.3, 0.4) is 0 Å². The van der Waals surface area contributed by atoms with Crippen LogP contribution in [0.15, 0.2) is 42.5 Å². The monoisotopic (exact) mass is 365 g/mol. The molecule has 0 aromatic heterocycles. The van der Waals surface area contributed by atoms with E-state index in [0.717, 1.165) is 62.8 Å². The van der Waals surface area contributed by atoms with Crippen LogP contribution < -0.4 is 9.64 Å². The average Bonchev–Trinajstić information content (AvgIpc) is 3.16. The maximum absolute atomic E-state index is 12.8. The SMILES string of the molecule is CN(C)c1cccc(C(=O)N2CCN(Cc3ccc4c(c3)CCO4)CC2)c1. The molecule has 0 N–H and O–H groups in total. The number of hydrogen-bond acceptors (Lipinski definition) is 4. The molecule has 0 aliphatic carbocycles. The van der Waals surface area contributed by atoms with Crippen molar-refractivity contribution in [3.63, 3.8) is 0 Å². The summed E-state index contributed by atoms with van der Waals surface area (Å²) < 4.78 is 5.59. The molecule has 0 radical (unpaired) electrons. The van der Waals surface area contributed by atoms with Gasteiger partial charge in [-0.2, -0.15) is 0 Å². The summed E-state index contributed by atoms with van der Waals surface area (Å²) in [4.78, 5) is 19.3. The predicted molar refractivity (Wildman–Crippen MR) is 108 cm³/mol. The molecule has 142 valence electrons. The second-order valence-electron chi connectivity index (χ2n) is 7.55. The van der Waals surface area contributed by atoms with Crippen LogP contribution in [0.2, 0.25) is 0 Å². The van der Waals surface area contributed by atoms with Crippen LogP contribution in [0.4, 0.5) is 5.69 Å². The van der Waals surface area contributed by atoms with Crippen molar-refractivity contribution in [3.05, 3.63) is 59.2 Å². The van der Waals surface area contributed by atoms with Gasteiger partial charge in [-0.25, -0.2) is 0 Å². The van der Waals surface area contributed by atoms with E-state index in [2.05, 4.69) is 23.1 Å². The van der Waals surface area contributed by atoms with Crippen molar-refractivity contribution >= 4 is 11.6 Å². The molecule has 27 heavy (non-hydrogen) atoms. The Balaban J connectivity index is 1.34. The number of hydrogen-bond donors (Lipinski definition) is 0. The molecule has 2 heterocycles. The fourth-order valence-corrected chi connectivity index (χ4v) is 3.81. The lowest BCUT2D eigenvalue weighted by atomic mass is 10.1. The van der Waals surface area contributed by atoms with Crippen LogP contribution in [0, 0.1) is 0 Å². The van der Waals surface area contributed by atoms with E-state index in [1.165, 1.54) is 11.1 Å². The van der Waals surface area contributed by atoms with Crippen molar-refractivity contribution in [3.8, 4) is 5.75 Å². The van der Waals surface area contributed by atoms with Gasteiger partial charge in [0.05, 0.1) is 6.61 Å². The van der Waals surface area contributed by atoms with Gasteiger partial charge in [-0.1, -0.05) is 18.2 Å². The zero-order valence-corrected chi connectivity index (χ0v) is 16.1. The summed E-state index contributed by atoms with van der Waals surface area (Å²) in [6.45, 7) is 5.11. The lowest BCUT2D eigenvalue weighted by Crippen LogP contribution is -2.48. The minimum absolute atomic E-state index is 0.132. The molecule has 0 unspecified atom stereocenters. The van der Waals surface area contributed by atoms with Gasteiger partial charge in [-0.05, 0) is 35.4 Å². The average molecular weight is 365 g/mol. The van der Waals surface area contributed by atoms with Crippen LogP contribution >= 0.6 is 0 Å². The van der Waals surface area contributed by atoms with Crippen molar-refractivity contribution in [2.24, 2.45) is 0 Å². The van der Waals surface area contributed by atoms with Gasteiger partial charge in [0.25, 0.3) is 5.91 Å². The van der Waals surface area contributed by atoms with Crippen molar-refractivity contribution in [1.29, 1.82) is 0 Å². The van der Waals surface area contributed by atoms with Gasteiger partial charge < -0.3 is 14.5 Å². The van der Waals surface area contributed by atoms with Gasteiger partial charge in [0.15, 0.2) is 0 Å². The van der Waals surface area contributed by atoms with Gasteiger partial charge in [0.1, 0.15) is 5.75 Å². The van der Waals surface area contributed by atoms with E-state index in [0.29, 0.717) is 0 Å². The predicted octanol–water partition coefficient (Wildman–Crippen LogP) is 2.65. The van der Waals surface area contributed by atoms with Gasteiger partial charge in [0, 0.05) is 64.5 Å². The maximum Gasteiger partial charge on any atom is 0.254 e. The number of nitrogens with zero attached hydrogens (tertiary/aromatic N) is 3. The summed E-state index contributed by atoms with van der Waals surface area (Å²) in [5, 5.41) is 0. The quantitative estimate of drug-likeness (QED) is 0.835. The summed E-state index contributed by atoms with van der Waals surface area (Å²) in [7, 11) is 3.99. The Kier molecular flexibility index (Phi) is 5.03. The van der Waals surface area contributed by atoms with E-state index < -0.39 is 0 Å². The van der Waals surface area contributed by atoms with Crippen LogP contribution in [0.25, 0.3) is 0 Å². The molecule has 1 fully saturated rings. The summed E-state index contributed by atoms with van der Waals surface area (Å²) in [5.74, 6) is 1.17. The van der Waals surface area contributed by atoms with E-state index >= 15 is 0 Å². The summed E-state index contributed by atoms with van der Waals surface area (Å²) in [6, 6.07) is 14.4. The van der Waals surface area contributed by atoms with E-state index in [1.54, 1.807) is 0 Å². The van der Waals surface area contributed by atoms with Crippen LogP contribution in [-0.4, -0.2) is 62.6 Å². The second-order valence-corrected chi connectivity index (χ2v) is 7.55. The normalized spacial score (nSPS) is 16.7. The van der Waals surface area contributed by atoms with E-state index in [4.69, 9.17) is 4.74 Å². The first-order valence-electron chi connectivity index (χ1n) is 9.64. The fraction of sp³-hybridized carbons (Fsp3) is 0.409. The van der Waals surface area contributed by atoms with Crippen molar-refractivity contribution in [2.45, 2.75) is 13.0 Å². The Morgan fingerprint density at radius 3 is 2.67 bits per heavy atom. The van der Waals surface area contributed by atoms with Gasteiger partial charge >= 0.3 is 0 Å². The number of piperazine rings is 1. The molecule has 2 aromatic carbocycles. The molecule has 0 saturated carbocycles. The zero-order chi connectivity index (χ0) is 18.8. The van der Waals surface area contributed by atoms with E-state index in [1.807, 2.05) is 48.2 Å². The number of carbonyl (C=O) groups is 1. The minimum Gasteiger partial charge on any atom is -0.493 e. The fourth-order valence-electron chi connectivity index (χ4n) is 3.81. The first-order valence-corrected chi connectivity index (χ1v) is 9.64. The molecular formula is C22H27N3O2. The molecule has 2 aliphatic rings. The summed E-state index contributed by atoms with van der Waals surface area (Å²) >= 11 is 0. The second kappa shape index (κ2) is 7.61. The molecule has 0 spiro atoms. The summed E-state index contributed by atoms with van der Waals surface area (Å²) in [5.41, 5.74) is 4.48. The Morgan fingerprint density at radius 1 is 1.07 bits per heavy atom. The van der Waals surface area contributed by atoms with E-state index in [9.17, 15) is 4.79 Å². The van der Waals surface area contributed by atoms with Gasteiger partial charge in [-0.3, -0.25) is 9.69 Å². The maximum atomic E-state index is 12.8. The number of amides is 1. The number of ether oxygens (including phenoxy) is 1. The van der Waals surface area contributed by atoms with Crippen molar-refractivity contribution in [1.82, 2.24) is 9.80 Å². The molecule has 5 heteroatoms. The highest BCUT2D eigenvalue weighted by molar-refractivity contribution is 5.95. The van der Waals surface area contributed by atoms with Gasteiger partial charge in [0.2, 0.25) is 0 Å². The minimum atomic E-state index is 0.132. The number of carbonyl (C=O) groups excluding carboxylic acids is 1. The first-order chi connectivity index (χ1) is 13.1. The molecule has 2 aliphatic heterocycles. The van der Waals surface area contributed by atoms with Crippen LogP contribution in [0.1, 0.15) is 21.5 Å². The standard InChI is InChI=1S/C22H27N3O2/c1-23(2)20-5-3-4-19(15-20)22(26)25-11-9-24(10-12-25)16-17-6-7-21-18(14-17)8-13-27-21/h3-7,14-15H,8-13,16H2,1-2H3. The van der Waals surface area contributed by atoms with Crippen molar-refractivity contribution in [2.75, 3.05) is 51.8 Å². The van der Waals surface area contributed by atoms with Crippen LogP contribution in [0.5, 0.6) is 5.75 Å². The van der Waals surface area contributed by atoms with Gasteiger partial charge in [-0.15, -0.1) is 0 Å². The highest BCUT2D eigenvalue weighted by Crippen LogP contribution is 2.26. The third kappa shape index (κ3) is 3.93. The molecular weight excluding hydrogens is 338 g/mol. The smallest absolute Gasteiger partial charge is 0.254 e. The number of rotatable bonds is 4. The zero-order valence-electron chi connectivity index (χ0n) is 16.1. The summed E-state index contributed by atoms with van der Waals surface area (Å²) in [6.07, 6.45) is 1.01.